The highest BCUT2D eigenvalue weighted by molar-refractivity contribution is 7.95. The molecule has 2 heterocycles. The highest BCUT2D eigenvalue weighted by atomic mass is 32.2. The van der Waals surface area contributed by atoms with Gasteiger partial charge in [0, 0.05) is 17.1 Å². The molecule has 6 heteroatoms. The zero-order valence-electron chi connectivity index (χ0n) is 10.2. The molecule has 0 saturated heterocycles. The van der Waals surface area contributed by atoms with Crippen LogP contribution in [0.4, 0.5) is 0 Å². The quantitative estimate of drug-likeness (QED) is 0.877. The number of fused-ring (bicyclic) bond motifs is 1. The molecule has 0 saturated carbocycles. The van der Waals surface area contributed by atoms with Gasteiger partial charge in [-0.3, -0.25) is 5.43 Å². The van der Waals surface area contributed by atoms with Gasteiger partial charge in [0.1, 0.15) is 5.58 Å². The maximum atomic E-state index is 12.5. The summed E-state index contributed by atoms with van der Waals surface area (Å²) >= 11 is 0. The van der Waals surface area contributed by atoms with Crippen molar-refractivity contribution in [2.45, 2.75) is 12.0 Å². The molecule has 5 nitrogen and oxygen atoms in total. The Hall–Kier alpha value is -2.21. The van der Waals surface area contributed by atoms with Gasteiger partial charge in [-0.05, 0) is 25.1 Å². The lowest BCUT2D eigenvalue weighted by molar-refractivity contribution is 0.478. The van der Waals surface area contributed by atoms with Crippen LogP contribution >= 0.6 is 0 Å². The van der Waals surface area contributed by atoms with Gasteiger partial charge in [-0.1, -0.05) is 18.2 Å². The molecule has 0 fully saturated rings. The zero-order valence-corrected chi connectivity index (χ0v) is 11.0. The van der Waals surface area contributed by atoms with Gasteiger partial charge in [-0.25, -0.2) is 8.42 Å². The van der Waals surface area contributed by atoms with Crippen LogP contribution in [0.15, 0.2) is 57.2 Å². The van der Waals surface area contributed by atoms with Gasteiger partial charge >= 0.3 is 0 Å². The molecule has 1 aromatic heterocycles. The predicted octanol–water partition coefficient (Wildman–Crippen LogP) is 1.98. The molecule has 3 rings (SSSR count). The fourth-order valence-electron chi connectivity index (χ4n) is 2.00. The molecule has 0 amide bonds. The van der Waals surface area contributed by atoms with Crippen LogP contribution in [0.1, 0.15) is 5.56 Å². The van der Waals surface area contributed by atoms with E-state index < -0.39 is 9.84 Å². The number of hydrogen-bond acceptors (Lipinski definition) is 5. The Morgan fingerprint density at radius 3 is 2.68 bits per heavy atom. The third kappa shape index (κ3) is 1.80. The monoisotopic (exact) mass is 276 g/mol. The topological polar surface area (TPSA) is 71.3 Å². The van der Waals surface area contributed by atoms with E-state index >= 15 is 0 Å². The average Bonchev–Trinajstić information content (AvgIpc) is 2.78. The molecule has 1 aromatic carbocycles. The Morgan fingerprint density at radius 1 is 1.21 bits per heavy atom. The van der Waals surface area contributed by atoms with Crippen LogP contribution in [-0.2, 0) is 9.84 Å². The molecule has 0 aliphatic carbocycles. The first-order chi connectivity index (χ1) is 9.10. The molecule has 0 bridgehead atoms. The van der Waals surface area contributed by atoms with E-state index in [9.17, 15) is 8.42 Å². The number of hydrazine groups is 1. The Morgan fingerprint density at radius 2 is 2.00 bits per heavy atom. The predicted molar refractivity (Wildman–Crippen MR) is 71.6 cm³/mol. The van der Waals surface area contributed by atoms with Gasteiger partial charge in [0.2, 0.25) is 5.09 Å². The molecular weight excluding hydrogens is 264 g/mol. The first kappa shape index (κ1) is 11.9. The number of nitrogens with one attached hydrogen (secondary N) is 2. The van der Waals surface area contributed by atoms with Crippen LogP contribution < -0.4 is 10.9 Å². The van der Waals surface area contributed by atoms with Crippen molar-refractivity contribution in [3.05, 3.63) is 53.2 Å². The lowest BCUT2D eigenvalue weighted by Crippen LogP contribution is -2.32. The van der Waals surface area contributed by atoms with Crippen LogP contribution in [0.3, 0.4) is 0 Å². The largest absolute Gasteiger partial charge is 0.444 e. The normalized spacial score (nSPS) is 14.9. The highest BCUT2D eigenvalue weighted by Crippen LogP contribution is 2.31. The Kier molecular flexibility index (Phi) is 2.60. The molecule has 2 N–H and O–H groups in total. The van der Waals surface area contributed by atoms with Crippen LogP contribution in [0.5, 0.6) is 0 Å². The van der Waals surface area contributed by atoms with Gasteiger partial charge in [-0.15, -0.1) is 0 Å². The van der Waals surface area contributed by atoms with Gasteiger partial charge in [-0.2, -0.15) is 0 Å². The lowest BCUT2D eigenvalue weighted by Gasteiger charge is -2.12. The summed E-state index contributed by atoms with van der Waals surface area (Å²) in [6, 6.07) is 7.25. The minimum atomic E-state index is -3.68. The van der Waals surface area contributed by atoms with E-state index in [1.54, 1.807) is 25.3 Å². The summed E-state index contributed by atoms with van der Waals surface area (Å²) in [5.74, 6) is 0. The number of aryl methyl sites for hydroxylation is 1. The SMILES string of the molecule is Cc1c(S(=O)(=O)C2=CC=CNN2)oc2ccccc12. The molecule has 0 unspecified atom stereocenters. The number of hydrogen-bond donors (Lipinski definition) is 2. The summed E-state index contributed by atoms with van der Waals surface area (Å²) < 4.78 is 30.5. The van der Waals surface area contributed by atoms with Crippen LogP contribution in [-0.4, -0.2) is 8.42 Å². The van der Waals surface area contributed by atoms with Crippen molar-refractivity contribution in [1.29, 1.82) is 0 Å². The average molecular weight is 276 g/mol. The molecule has 2 aromatic rings. The second-order valence-electron chi connectivity index (χ2n) is 4.17. The van der Waals surface area contributed by atoms with Gasteiger partial charge < -0.3 is 9.84 Å². The summed E-state index contributed by atoms with van der Waals surface area (Å²) in [6.07, 6.45) is 4.70. The third-order valence-corrected chi connectivity index (χ3v) is 4.65. The summed E-state index contributed by atoms with van der Waals surface area (Å²) in [7, 11) is -3.68. The van der Waals surface area contributed by atoms with Crippen molar-refractivity contribution in [3.8, 4) is 0 Å². The van der Waals surface area contributed by atoms with Gasteiger partial charge in [0.15, 0.2) is 5.03 Å². The van der Waals surface area contributed by atoms with Crippen LogP contribution in [0, 0.1) is 6.92 Å². The van der Waals surface area contributed by atoms with Crippen molar-refractivity contribution in [1.82, 2.24) is 10.9 Å². The molecule has 0 atom stereocenters. The second kappa shape index (κ2) is 4.17. The summed E-state index contributed by atoms with van der Waals surface area (Å²) in [4.78, 5) is 0. The van der Waals surface area contributed by atoms with Crippen molar-refractivity contribution in [3.63, 3.8) is 0 Å². The van der Waals surface area contributed by atoms with Crippen molar-refractivity contribution >= 4 is 20.8 Å². The smallest absolute Gasteiger partial charge is 0.256 e. The molecule has 1 aliphatic rings. The molecule has 1 aliphatic heterocycles. The standard InChI is InChI=1S/C13H12N2O3S/c1-9-10-5-2-3-6-11(10)18-13(9)19(16,17)12-7-4-8-14-15-12/h2-8,14-15H,1H3. The number of allylic oxidation sites excluding steroid dienone is 2. The highest BCUT2D eigenvalue weighted by Gasteiger charge is 2.28. The number of rotatable bonds is 2. The van der Waals surface area contributed by atoms with Crippen molar-refractivity contribution < 1.29 is 12.8 Å². The third-order valence-electron chi connectivity index (χ3n) is 2.96. The van der Waals surface area contributed by atoms with E-state index in [0.717, 1.165) is 5.39 Å². The Bertz CT molecular complexity index is 800. The Balaban J connectivity index is 2.21. The minimum Gasteiger partial charge on any atom is -0.444 e. The van der Waals surface area contributed by atoms with E-state index in [1.807, 2.05) is 18.2 Å². The molecule has 19 heavy (non-hydrogen) atoms. The number of furan rings is 1. The summed E-state index contributed by atoms with van der Waals surface area (Å²) in [5, 5.41) is 0.850. The first-order valence-corrected chi connectivity index (χ1v) is 7.20. The minimum absolute atomic E-state index is 0.0236. The zero-order chi connectivity index (χ0) is 13.5. The van der Waals surface area contributed by atoms with E-state index in [4.69, 9.17) is 4.42 Å². The maximum absolute atomic E-state index is 12.5. The van der Waals surface area contributed by atoms with Gasteiger partial charge in [0.25, 0.3) is 9.84 Å². The molecular formula is C13H12N2O3S. The molecule has 0 spiro atoms. The molecule has 98 valence electrons. The Labute approximate surface area is 110 Å². The molecule has 0 radical (unpaired) electrons. The fourth-order valence-corrected chi connectivity index (χ4v) is 3.37. The summed E-state index contributed by atoms with van der Waals surface area (Å²) in [5.41, 5.74) is 6.44. The van der Waals surface area contributed by atoms with Crippen molar-refractivity contribution in [2.75, 3.05) is 0 Å². The van der Waals surface area contributed by atoms with E-state index in [-0.39, 0.29) is 10.1 Å². The number of sulfone groups is 1. The maximum Gasteiger partial charge on any atom is 0.256 e. The van der Waals surface area contributed by atoms with E-state index in [2.05, 4.69) is 10.9 Å². The van der Waals surface area contributed by atoms with Gasteiger partial charge in [0.05, 0.1) is 0 Å². The summed E-state index contributed by atoms with van der Waals surface area (Å²) in [6.45, 7) is 1.74. The van der Waals surface area contributed by atoms with E-state index in [0.29, 0.717) is 11.1 Å². The number of para-hydroxylation sites is 1. The van der Waals surface area contributed by atoms with Crippen molar-refractivity contribution in [2.24, 2.45) is 0 Å². The second-order valence-corrected chi connectivity index (χ2v) is 5.99. The fraction of sp³-hybridized carbons (Fsp3) is 0.0769. The van der Waals surface area contributed by atoms with Crippen LogP contribution in [0.2, 0.25) is 0 Å². The van der Waals surface area contributed by atoms with E-state index in [1.165, 1.54) is 6.08 Å². The number of benzene rings is 1. The lowest BCUT2D eigenvalue weighted by atomic mass is 10.2. The van der Waals surface area contributed by atoms with Crippen LogP contribution in [0.25, 0.3) is 11.0 Å². The first-order valence-electron chi connectivity index (χ1n) is 5.72.